The lowest BCUT2D eigenvalue weighted by Gasteiger charge is -2.37. The Bertz CT molecular complexity index is 780. The molecule has 144 valence electrons. The Morgan fingerprint density at radius 3 is 2.89 bits per heavy atom. The maximum atomic E-state index is 13.4. The van der Waals surface area contributed by atoms with Crippen molar-refractivity contribution in [3.63, 3.8) is 0 Å². The summed E-state index contributed by atoms with van der Waals surface area (Å²) in [6.07, 6.45) is 1.14. The molecule has 2 atom stereocenters. The van der Waals surface area contributed by atoms with Crippen molar-refractivity contribution in [3.05, 3.63) is 65.5 Å². The van der Waals surface area contributed by atoms with Crippen molar-refractivity contribution in [3.8, 4) is 5.75 Å². The Kier molecular flexibility index (Phi) is 6.45. The summed E-state index contributed by atoms with van der Waals surface area (Å²) in [5, 5.41) is 3.38. The summed E-state index contributed by atoms with van der Waals surface area (Å²) in [5.74, 6) is 0.852. The summed E-state index contributed by atoms with van der Waals surface area (Å²) in [7, 11) is 1.66. The predicted octanol–water partition coefficient (Wildman–Crippen LogP) is 3.58. The molecule has 1 aliphatic rings. The number of methoxy groups -OCH3 is 1. The van der Waals surface area contributed by atoms with Crippen molar-refractivity contribution >= 4 is 5.91 Å². The van der Waals surface area contributed by atoms with E-state index in [1.807, 2.05) is 42.2 Å². The Morgan fingerprint density at radius 2 is 2.11 bits per heavy atom. The van der Waals surface area contributed by atoms with Crippen molar-refractivity contribution in [1.82, 2.24) is 10.2 Å². The highest BCUT2D eigenvalue weighted by Crippen LogP contribution is 2.31. The maximum absolute atomic E-state index is 13.4. The second-order valence-electron chi connectivity index (χ2n) is 7.19. The second kappa shape index (κ2) is 9.00. The summed E-state index contributed by atoms with van der Waals surface area (Å²) in [6.45, 7) is 4.22. The first-order valence-electron chi connectivity index (χ1n) is 9.46. The Morgan fingerprint density at radius 1 is 1.30 bits per heavy atom. The molecule has 5 heteroatoms. The van der Waals surface area contributed by atoms with Crippen LogP contribution in [0.1, 0.15) is 30.5 Å². The van der Waals surface area contributed by atoms with Crippen LogP contribution in [0.2, 0.25) is 0 Å². The van der Waals surface area contributed by atoms with Gasteiger partial charge < -0.3 is 15.0 Å². The quantitative estimate of drug-likeness (QED) is 0.845. The van der Waals surface area contributed by atoms with E-state index in [0.717, 1.165) is 23.4 Å². The predicted molar refractivity (Wildman–Crippen MR) is 104 cm³/mol. The number of halogens is 1. The molecule has 0 spiro atoms. The Balaban J connectivity index is 1.69. The lowest BCUT2D eigenvalue weighted by Crippen LogP contribution is -2.49. The number of nitrogens with one attached hydrogen (secondary N) is 1. The van der Waals surface area contributed by atoms with Gasteiger partial charge in [0.15, 0.2) is 0 Å². The van der Waals surface area contributed by atoms with Crippen molar-refractivity contribution in [1.29, 1.82) is 0 Å². The van der Waals surface area contributed by atoms with Crippen LogP contribution in [0.5, 0.6) is 5.75 Å². The van der Waals surface area contributed by atoms with E-state index in [4.69, 9.17) is 4.74 Å². The molecule has 1 aliphatic heterocycles. The molecule has 0 saturated carbocycles. The Labute approximate surface area is 160 Å². The highest BCUT2D eigenvalue weighted by Gasteiger charge is 2.30. The third kappa shape index (κ3) is 4.86. The van der Waals surface area contributed by atoms with Crippen LogP contribution < -0.4 is 10.1 Å². The zero-order valence-corrected chi connectivity index (χ0v) is 16.0. The number of amides is 1. The zero-order chi connectivity index (χ0) is 19.2. The van der Waals surface area contributed by atoms with Gasteiger partial charge in [-0.1, -0.05) is 37.3 Å². The molecule has 1 fully saturated rings. The van der Waals surface area contributed by atoms with Crippen LogP contribution in [0.25, 0.3) is 0 Å². The third-order valence-corrected chi connectivity index (χ3v) is 5.06. The summed E-state index contributed by atoms with van der Waals surface area (Å²) in [5.41, 5.74) is 1.95. The molecule has 1 saturated heterocycles. The minimum absolute atomic E-state index is 0.0382. The fraction of sp³-hybridized carbons (Fsp3) is 0.409. The maximum Gasteiger partial charge on any atom is 0.223 e. The van der Waals surface area contributed by atoms with Crippen LogP contribution in [0.4, 0.5) is 4.39 Å². The zero-order valence-electron chi connectivity index (χ0n) is 16.0. The fourth-order valence-corrected chi connectivity index (χ4v) is 3.78. The number of para-hydroxylation sites is 1. The van der Waals surface area contributed by atoms with Crippen LogP contribution in [0.15, 0.2) is 48.5 Å². The standard InChI is InChI=1S/C22H27FN2O2/c1-16(12-17-6-5-7-18(23)14-17)13-22(26)25-11-10-24-15-20(25)19-8-3-4-9-21(19)27-2/h3-9,14,16,20,24H,10-13,15H2,1-2H3. The highest BCUT2D eigenvalue weighted by atomic mass is 19.1. The molecule has 0 aliphatic carbocycles. The highest BCUT2D eigenvalue weighted by molar-refractivity contribution is 5.77. The minimum atomic E-state index is -0.232. The van der Waals surface area contributed by atoms with Gasteiger partial charge in [0.1, 0.15) is 11.6 Å². The lowest BCUT2D eigenvalue weighted by atomic mass is 9.96. The molecule has 2 aromatic carbocycles. The number of carbonyl (C=O) groups is 1. The van der Waals surface area contributed by atoms with E-state index in [1.165, 1.54) is 6.07 Å². The van der Waals surface area contributed by atoms with Crippen LogP contribution >= 0.6 is 0 Å². The molecule has 1 amide bonds. The second-order valence-corrected chi connectivity index (χ2v) is 7.19. The fourth-order valence-electron chi connectivity index (χ4n) is 3.78. The average Bonchev–Trinajstić information content (AvgIpc) is 2.67. The van der Waals surface area contributed by atoms with Gasteiger partial charge in [-0.05, 0) is 36.1 Å². The number of piperazine rings is 1. The molecule has 4 nitrogen and oxygen atoms in total. The Hall–Kier alpha value is -2.40. The number of hydrogen-bond acceptors (Lipinski definition) is 3. The molecular weight excluding hydrogens is 343 g/mol. The van der Waals surface area contributed by atoms with Gasteiger partial charge in [-0.3, -0.25) is 4.79 Å². The summed E-state index contributed by atoms with van der Waals surface area (Å²) >= 11 is 0. The monoisotopic (exact) mass is 370 g/mol. The van der Waals surface area contributed by atoms with Gasteiger partial charge in [0.05, 0.1) is 13.2 Å². The lowest BCUT2D eigenvalue weighted by molar-refractivity contribution is -0.135. The number of nitrogens with zero attached hydrogens (tertiary/aromatic N) is 1. The van der Waals surface area contributed by atoms with Gasteiger partial charge in [-0.2, -0.15) is 0 Å². The van der Waals surface area contributed by atoms with Crippen LogP contribution in [0, 0.1) is 11.7 Å². The van der Waals surface area contributed by atoms with E-state index >= 15 is 0 Å². The van der Waals surface area contributed by atoms with Gasteiger partial charge in [-0.25, -0.2) is 4.39 Å². The van der Waals surface area contributed by atoms with Crippen LogP contribution in [-0.4, -0.2) is 37.6 Å². The minimum Gasteiger partial charge on any atom is -0.496 e. The van der Waals surface area contributed by atoms with Crippen molar-refractivity contribution < 1.29 is 13.9 Å². The molecule has 1 heterocycles. The molecule has 27 heavy (non-hydrogen) atoms. The number of rotatable bonds is 6. The topological polar surface area (TPSA) is 41.6 Å². The van der Waals surface area contributed by atoms with E-state index in [0.29, 0.717) is 25.9 Å². The first-order valence-corrected chi connectivity index (χ1v) is 9.46. The molecule has 0 aromatic heterocycles. The van der Waals surface area contributed by atoms with E-state index in [2.05, 4.69) is 5.32 Å². The molecule has 2 aromatic rings. The van der Waals surface area contributed by atoms with Crippen LogP contribution in [0.3, 0.4) is 0 Å². The van der Waals surface area contributed by atoms with E-state index in [9.17, 15) is 9.18 Å². The van der Waals surface area contributed by atoms with Gasteiger partial charge in [-0.15, -0.1) is 0 Å². The first kappa shape index (κ1) is 19.4. The van der Waals surface area contributed by atoms with Gasteiger partial charge in [0.25, 0.3) is 0 Å². The van der Waals surface area contributed by atoms with Crippen molar-refractivity contribution in [2.45, 2.75) is 25.8 Å². The van der Waals surface area contributed by atoms with Crippen molar-refractivity contribution in [2.75, 3.05) is 26.7 Å². The molecule has 3 rings (SSSR count). The molecule has 2 unspecified atom stereocenters. The summed E-state index contributed by atoms with van der Waals surface area (Å²) < 4.78 is 18.9. The smallest absolute Gasteiger partial charge is 0.223 e. The first-order chi connectivity index (χ1) is 13.1. The van der Waals surface area contributed by atoms with Gasteiger partial charge in [0.2, 0.25) is 5.91 Å². The van der Waals surface area contributed by atoms with Gasteiger partial charge in [0, 0.05) is 31.6 Å². The molecular formula is C22H27FN2O2. The molecule has 1 N–H and O–H groups in total. The normalized spacial score (nSPS) is 18.2. The third-order valence-electron chi connectivity index (χ3n) is 5.06. The van der Waals surface area contributed by atoms with E-state index in [1.54, 1.807) is 19.2 Å². The van der Waals surface area contributed by atoms with E-state index in [-0.39, 0.29) is 23.7 Å². The van der Waals surface area contributed by atoms with Gasteiger partial charge >= 0.3 is 0 Å². The average molecular weight is 370 g/mol. The van der Waals surface area contributed by atoms with E-state index < -0.39 is 0 Å². The number of ether oxygens (including phenoxy) is 1. The largest absolute Gasteiger partial charge is 0.496 e. The molecule has 0 bridgehead atoms. The SMILES string of the molecule is COc1ccccc1C1CNCCN1C(=O)CC(C)Cc1cccc(F)c1. The molecule has 0 radical (unpaired) electrons. The summed E-state index contributed by atoms with van der Waals surface area (Å²) in [4.78, 5) is 15.0. The van der Waals surface area contributed by atoms with Crippen molar-refractivity contribution in [2.24, 2.45) is 5.92 Å². The number of carbonyl (C=O) groups excluding carboxylic acids is 1. The summed E-state index contributed by atoms with van der Waals surface area (Å²) in [6, 6.07) is 14.4. The number of benzene rings is 2. The van der Waals surface area contributed by atoms with Crippen LogP contribution in [-0.2, 0) is 11.2 Å². The number of hydrogen-bond donors (Lipinski definition) is 1.